The molecule has 0 aromatic heterocycles. The van der Waals surface area contributed by atoms with Gasteiger partial charge in [-0.1, -0.05) is 44.9 Å². The Morgan fingerprint density at radius 1 is 0.846 bits per heavy atom. The Labute approximate surface area is 161 Å². The first kappa shape index (κ1) is 24.1. The van der Waals surface area contributed by atoms with Gasteiger partial charge < -0.3 is 18.5 Å². The monoisotopic (exact) mass is 392 g/mol. The van der Waals surface area contributed by atoms with Crippen molar-refractivity contribution in [2.75, 3.05) is 32.6 Å². The molecule has 5 nitrogen and oxygen atoms in total. The van der Waals surface area contributed by atoms with Crippen molar-refractivity contribution in [3.05, 3.63) is 0 Å². The molecule has 1 heterocycles. The van der Waals surface area contributed by atoms with E-state index >= 15 is 0 Å². The van der Waals surface area contributed by atoms with E-state index in [-0.39, 0.29) is 6.29 Å². The molecule has 0 amide bonds. The summed E-state index contributed by atoms with van der Waals surface area (Å²) in [6, 6.07) is 0. The van der Waals surface area contributed by atoms with Crippen LogP contribution in [0.4, 0.5) is 0 Å². The van der Waals surface area contributed by atoms with Gasteiger partial charge in [0.25, 0.3) is 0 Å². The molecule has 1 saturated heterocycles. The molecule has 1 unspecified atom stereocenters. The predicted molar refractivity (Wildman–Crippen MR) is 107 cm³/mol. The van der Waals surface area contributed by atoms with Crippen molar-refractivity contribution in [3.8, 4) is 0 Å². The molecule has 1 rings (SSSR count). The second kappa shape index (κ2) is 16.1. The zero-order chi connectivity index (χ0) is 18.9. The van der Waals surface area contributed by atoms with Crippen LogP contribution in [0.3, 0.4) is 0 Å². The molecule has 156 valence electrons. The van der Waals surface area contributed by atoms with Crippen molar-refractivity contribution in [3.63, 3.8) is 0 Å². The third-order valence-corrected chi connectivity index (χ3v) is 6.84. The molecule has 0 saturated carbocycles. The van der Waals surface area contributed by atoms with E-state index in [0.717, 1.165) is 38.9 Å². The van der Waals surface area contributed by atoms with Crippen LogP contribution in [0.1, 0.15) is 90.9 Å². The Hall–Kier alpha value is 0.0700. The second-order valence-corrected chi connectivity index (χ2v) is 9.20. The van der Waals surface area contributed by atoms with Crippen molar-refractivity contribution >= 4 is 7.60 Å². The molecule has 0 radical (unpaired) electrons. The molecule has 1 fully saturated rings. The Bertz CT molecular complexity index is 348. The molecule has 6 heteroatoms. The Morgan fingerprint density at radius 3 is 1.96 bits per heavy atom. The Morgan fingerprint density at radius 2 is 1.42 bits per heavy atom. The molecule has 1 atom stereocenters. The summed E-state index contributed by atoms with van der Waals surface area (Å²) in [5.74, 6) is 0. The van der Waals surface area contributed by atoms with Gasteiger partial charge in [-0.25, -0.2) is 0 Å². The number of hydrogen-bond donors (Lipinski definition) is 0. The summed E-state index contributed by atoms with van der Waals surface area (Å²) >= 11 is 0. The highest BCUT2D eigenvalue weighted by molar-refractivity contribution is 7.53. The molecule has 1 aliphatic heterocycles. The average Bonchev–Trinajstić information content (AvgIpc) is 2.64. The molecule has 1 aliphatic rings. The number of hydrogen-bond acceptors (Lipinski definition) is 5. The summed E-state index contributed by atoms with van der Waals surface area (Å²) in [6.45, 7) is 6.33. The van der Waals surface area contributed by atoms with E-state index in [9.17, 15) is 4.57 Å². The van der Waals surface area contributed by atoms with Crippen molar-refractivity contribution < 1.29 is 23.1 Å². The summed E-state index contributed by atoms with van der Waals surface area (Å²) < 4.78 is 34.3. The largest absolute Gasteiger partial charge is 0.353 e. The number of ether oxygens (including phenoxy) is 2. The van der Waals surface area contributed by atoms with Crippen molar-refractivity contribution in [1.29, 1.82) is 0 Å². The van der Waals surface area contributed by atoms with Crippen molar-refractivity contribution in [2.45, 2.75) is 97.2 Å². The average molecular weight is 393 g/mol. The zero-order valence-corrected chi connectivity index (χ0v) is 18.0. The van der Waals surface area contributed by atoms with Gasteiger partial charge in [0.05, 0.1) is 19.4 Å². The van der Waals surface area contributed by atoms with Gasteiger partial charge >= 0.3 is 7.60 Å². The lowest BCUT2D eigenvalue weighted by Gasteiger charge is -2.22. The third kappa shape index (κ3) is 12.5. The van der Waals surface area contributed by atoms with Gasteiger partial charge in [0.1, 0.15) is 0 Å². The molecule has 0 aromatic rings. The van der Waals surface area contributed by atoms with Crippen molar-refractivity contribution in [2.24, 2.45) is 0 Å². The van der Waals surface area contributed by atoms with Gasteiger partial charge in [0, 0.05) is 13.2 Å². The van der Waals surface area contributed by atoms with Crippen molar-refractivity contribution in [1.82, 2.24) is 0 Å². The molecular weight excluding hydrogens is 351 g/mol. The van der Waals surface area contributed by atoms with Crippen LogP contribution >= 0.6 is 7.60 Å². The maximum atomic E-state index is 12.3. The van der Waals surface area contributed by atoms with Gasteiger partial charge in [-0.2, -0.15) is 0 Å². The lowest BCUT2D eigenvalue weighted by molar-refractivity contribution is -0.162. The van der Waals surface area contributed by atoms with E-state index in [1.807, 2.05) is 13.8 Å². The van der Waals surface area contributed by atoms with E-state index in [1.54, 1.807) is 0 Å². The Balaban J connectivity index is 1.83. The quantitative estimate of drug-likeness (QED) is 0.214. The summed E-state index contributed by atoms with van der Waals surface area (Å²) in [4.78, 5) is 0. The van der Waals surface area contributed by atoms with E-state index in [1.165, 1.54) is 51.4 Å². The standard InChI is InChI=1S/C20H41O5P/c1-3-24-26(21,25-4-2)19-15-11-9-7-5-6-8-10-13-17-22-20-16-12-14-18-23-20/h20H,3-19H2,1-2H3. The summed E-state index contributed by atoms with van der Waals surface area (Å²) in [5, 5.41) is 0. The predicted octanol–water partition coefficient (Wildman–Crippen LogP) is 6.31. The lowest BCUT2D eigenvalue weighted by Crippen LogP contribution is -2.22. The highest BCUT2D eigenvalue weighted by Crippen LogP contribution is 2.48. The Kier molecular flexibility index (Phi) is 14.9. The molecule has 26 heavy (non-hydrogen) atoms. The molecule has 0 aliphatic carbocycles. The topological polar surface area (TPSA) is 54.0 Å². The van der Waals surface area contributed by atoms with Gasteiger partial charge in [0.15, 0.2) is 6.29 Å². The number of rotatable bonds is 17. The van der Waals surface area contributed by atoms with Crippen LogP contribution < -0.4 is 0 Å². The third-order valence-electron chi connectivity index (χ3n) is 4.67. The highest BCUT2D eigenvalue weighted by Gasteiger charge is 2.22. The first-order valence-corrected chi connectivity index (χ1v) is 12.5. The minimum absolute atomic E-state index is 0.0597. The molecule has 0 spiro atoms. The van der Waals surface area contributed by atoms with Crippen LogP contribution in [-0.4, -0.2) is 38.9 Å². The van der Waals surface area contributed by atoms with Crippen LogP contribution in [0.25, 0.3) is 0 Å². The first-order chi connectivity index (χ1) is 12.7. The van der Waals surface area contributed by atoms with Gasteiger partial charge in [-0.15, -0.1) is 0 Å². The van der Waals surface area contributed by atoms with Crippen LogP contribution in [0.2, 0.25) is 0 Å². The van der Waals surface area contributed by atoms with E-state index in [0.29, 0.717) is 19.4 Å². The van der Waals surface area contributed by atoms with Crippen LogP contribution in [-0.2, 0) is 23.1 Å². The maximum Gasteiger partial charge on any atom is 0.330 e. The molecule has 0 bridgehead atoms. The van der Waals surface area contributed by atoms with Gasteiger partial charge in [-0.05, 0) is 46.0 Å². The van der Waals surface area contributed by atoms with E-state index in [4.69, 9.17) is 18.5 Å². The number of unbranched alkanes of at least 4 members (excludes halogenated alkanes) is 8. The minimum Gasteiger partial charge on any atom is -0.353 e. The second-order valence-electron chi connectivity index (χ2n) is 7.02. The smallest absolute Gasteiger partial charge is 0.330 e. The molecule has 0 aromatic carbocycles. The van der Waals surface area contributed by atoms with Gasteiger partial charge in [-0.3, -0.25) is 4.57 Å². The SMILES string of the molecule is CCOP(=O)(CCCCCCCCCCCOC1CCCCO1)OCC. The highest BCUT2D eigenvalue weighted by atomic mass is 31.2. The lowest BCUT2D eigenvalue weighted by atomic mass is 10.1. The van der Waals surface area contributed by atoms with Crippen LogP contribution in [0, 0.1) is 0 Å². The fourth-order valence-corrected chi connectivity index (χ4v) is 4.99. The first-order valence-electron chi connectivity index (χ1n) is 10.8. The summed E-state index contributed by atoms with van der Waals surface area (Å²) in [5.41, 5.74) is 0. The van der Waals surface area contributed by atoms with Crippen LogP contribution in [0.15, 0.2) is 0 Å². The summed E-state index contributed by atoms with van der Waals surface area (Å²) in [6.07, 6.45) is 14.9. The van der Waals surface area contributed by atoms with Gasteiger partial charge in [0.2, 0.25) is 0 Å². The van der Waals surface area contributed by atoms with Crippen LogP contribution in [0.5, 0.6) is 0 Å². The van der Waals surface area contributed by atoms with E-state index < -0.39 is 7.60 Å². The fourth-order valence-electron chi connectivity index (χ4n) is 3.26. The summed E-state index contributed by atoms with van der Waals surface area (Å²) in [7, 11) is -2.83. The normalized spacial score (nSPS) is 18.3. The fraction of sp³-hybridized carbons (Fsp3) is 1.00. The molecular formula is C20H41O5P. The van der Waals surface area contributed by atoms with E-state index in [2.05, 4.69) is 0 Å². The molecule has 0 N–H and O–H groups in total. The minimum atomic E-state index is -2.83. The maximum absolute atomic E-state index is 12.3. The zero-order valence-electron chi connectivity index (χ0n) is 17.1.